The topological polar surface area (TPSA) is 89.8 Å². The van der Waals surface area contributed by atoms with Crippen LogP contribution in [0.1, 0.15) is 44.2 Å². The van der Waals surface area contributed by atoms with E-state index in [4.69, 9.17) is 0 Å². The van der Waals surface area contributed by atoms with Gasteiger partial charge in [0.2, 0.25) is 0 Å². The summed E-state index contributed by atoms with van der Waals surface area (Å²) in [7, 11) is 0. The molecule has 3 rings (SSSR count). The molecule has 0 radical (unpaired) electrons. The highest BCUT2D eigenvalue weighted by molar-refractivity contribution is 5.78. The van der Waals surface area contributed by atoms with Crippen molar-refractivity contribution in [2.45, 2.75) is 52.6 Å². The number of H-pyrrole nitrogens is 1. The summed E-state index contributed by atoms with van der Waals surface area (Å²) in [5.74, 6) is 0.287. The van der Waals surface area contributed by atoms with Crippen LogP contribution in [0.25, 0.3) is 11.2 Å². The molecule has 0 aliphatic carbocycles. The van der Waals surface area contributed by atoms with Crippen molar-refractivity contribution in [3.63, 3.8) is 0 Å². The van der Waals surface area contributed by atoms with Gasteiger partial charge in [0.1, 0.15) is 5.78 Å². The molecule has 27 heavy (non-hydrogen) atoms. The maximum atomic E-state index is 12.3. The Labute approximate surface area is 156 Å². The molecule has 0 bridgehead atoms. The molecule has 0 atom stereocenters. The third-order valence-electron chi connectivity index (χ3n) is 4.68. The summed E-state index contributed by atoms with van der Waals surface area (Å²) < 4.78 is 3.20. The van der Waals surface area contributed by atoms with E-state index in [-0.39, 0.29) is 5.78 Å². The number of benzene rings is 1. The van der Waals surface area contributed by atoms with Crippen molar-refractivity contribution in [2.75, 3.05) is 0 Å². The van der Waals surface area contributed by atoms with Crippen LogP contribution in [0.5, 0.6) is 0 Å². The fourth-order valence-corrected chi connectivity index (χ4v) is 3.19. The summed E-state index contributed by atoms with van der Waals surface area (Å²) in [6.07, 6.45) is 4.37. The number of imidazole rings is 1. The first kappa shape index (κ1) is 18.8. The van der Waals surface area contributed by atoms with Crippen LogP contribution in [0.2, 0.25) is 0 Å². The van der Waals surface area contributed by atoms with Crippen molar-refractivity contribution in [2.24, 2.45) is 0 Å². The highest BCUT2D eigenvalue weighted by atomic mass is 16.2. The number of aromatic amines is 1. The summed E-state index contributed by atoms with van der Waals surface area (Å²) in [6, 6.07) is 7.85. The van der Waals surface area contributed by atoms with Crippen LogP contribution in [-0.4, -0.2) is 24.9 Å². The smallest absolute Gasteiger partial charge is 0.325 e. The van der Waals surface area contributed by atoms with Gasteiger partial charge in [-0.05, 0) is 30.9 Å². The molecular formula is C20H24N4O3. The van der Waals surface area contributed by atoms with E-state index in [2.05, 4.69) is 9.97 Å². The Bertz CT molecular complexity index is 1060. The molecule has 0 amide bonds. The highest BCUT2D eigenvalue weighted by Crippen LogP contribution is 2.12. The second-order valence-corrected chi connectivity index (χ2v) is 6.65. The van der Waals surface area contributed by atoms with E-state index in [1.54, 1.807) is 10.9 Å². The highest BCUT2D eigenvalue weighted by Gasteiger charge is 2.13. The summed E-state index contributed by atoms with van der Waals surface area (Å²) in [5.41, 5.74) is 1.93. The number of fused-ring (bicyclic) bond motifs is 1. The fraction of sp³-hybridized carbons (Fsp3) is 0.400. The Kier molecular flexibility index (Phi) is 5.69. The van der Waals surface area contributed by atoms with Gasteiger partial charge >= 0.3 is 5.69 Å². The number of hydrogen-bond donors (Lipinski definition) is 1. The molecule has 0 unspecified atom stereocenters. The average molecular weight is 368 g/mol. The predicted octanol–water partition coefficient (Wildman–Crippen LogP) is 2.26. The summed E-state index contributed by atoms with van der Waals surface area (Å²) in [6.45, 7) is 4.84. The normalized spacial score (nSPS) is 11.2. The molecule has 0 aliphatic rings. The number of carbonyl (C=O) groups is 1. The number of nitrogens with one attached hydrogen (secondary N) is 1. The van der Waals surface area contributed by atoms with Gasteiger partial charge in [0.25, 0.3) is 5.56 Å². The maximum Gasteiger partial charge on any atom is 0.330 e. The van der Waals surface area contributed by atoms with Crippen molar-refractivity contribution in [3.8, 4) is 0 Å². The zero-order chi connectivity index (χ0) is 19.4. The lowest BCUT2D eigenvalue weighted by Gasteiger charge is -2.08. The molecule has 0 saturated carbocycles. The molecule has 1 N–H and O–H groups in total. The molecule has 7 heteroatoms. The largest absolute Gasteiger partial charge is 0.330 e. The molecule has 2 heterocycles. The van der Waals surface area contributed by atoms with Crippen LogP contribution in [0.15, 0.2) is 40.2 Å². The van der Waals surface area contributed by atoms with Gasteiger partial charge in [0.15, 0.2) is 11.2 Å². The third kappa shape index (κ3) is 4.07. The number of ketones is 1. The first-order valence-corrected chi connectivity index (χ1v) is 9.31. The van der Waals surface area contributed by atoms with Crippen molar-refractivity contribution in [3.05, 3.63) is 62.6 Å². The Morgan fingerprint density at radius 3 is 2.44 bits per heavy atom. The molecule has 1 aromatic carbocycles. The van der Waals surface area contributed by atoms with Crippen molar-refractivity contribution >= 4 is 16.9 Å². The second kappa shape index (κ2) is 8.16. The zero-order valence-electron chi connectivity index (χ0n) is 15.7. The first-order valence-electron chi connectivity index (χ1n) is 9.31. The third-order valence-corrected chi connectivity index (χ3v) is 4.68. The molecule has 142 valence electrons. The van der Waals surface area contributed by atoms with Crippen LogP contribution in [0.3, 0.4) is 0 Å². The van der Waals surface area contributed by atoms with Crippen LogP contribution in [-0.2, 0) is 24.3 Å². The monoisotopic (exact) mass is 368 g/mol. The molecule has 0 fully saturated rings. The Morgan fingerprint density at radius 2 is 1.78 bits per heavy atom. The quantitative estimate of drug-likeness (QED) is 0.660. The Hall–Kier alpha value is -2.96. The van der Waals surface area contributed by atoms with Gasteiger partial charge in [-0.2, -0.15) is 0 Å². The number of carbonyl (C=O) groups excluding carboxylic acids is 1. The van der Waals surface area contributed by atoms with Gasteiger partial charge in [0.05, 0.1) is 12.9 Å². The Balaban J connectivity index is 1.82. The number of rotatable bonds is 8. The van der Waals surface area contributed by atoms with Crippen molar-refractivity contribution in [1.29, 1.82) is 0 Å². The van der Waals surface area contributed by atoms with Gasteiger partial charge < -0.3 is 4.57 Å². The van der Waals surface area contributed by atoms with Crippen LogP contribution >= 0.6 is 0 Å². The van der Waals surface area contributed by atoms with Gasteiger partial charge in [0, 0.05) is 19.4 Å². The predicted molar refractivity (Wildman–Crippen MR) is 104 cm³/mol. The van der Waals surface area contributed by atoms with E-state index in [1.165, 1.54) is 4.57 Å². The minimum atomic E-state index is -0.469. The SMILES string of the molecule is CCCC(=O)CCc1ccc(Cn2c(=O)[nH]c(=O)c3c2ncn3CC)cc1. The summed E-state index contributed by atoms with van der Waals surface area (Å²) in [4.78, 5) is 42.7. The number of aromatic nitrogens is 4. The second-order valence-electron chi connectivity index (χ2n) is 6.65. The van der Waals surface area contributed by atoms with E-state index in [0.717, 1.165) is 24.0 Å². The van der Waals surface area contributed by atoms with Gasteiger partial charge in [-0.25, -0.2) is 9.78 Å². The van der Waals surface area contributed by atoms with E-state index < -0.39 is 11.2 Å². The fourth-order valence-electron chi connectivity index (χ4n) is 3.19. The van der Waals surface area contributed by atoms with Crippen molar-refractivity contribution < 1.29 is 4.79 Å². The maximum absolute atomic E-state index is 12.3. The Morgan fingerprint density at radius 1 is 1.07 bits per heavy atom. The van der Waals surface area contributed by atoms with Gasteiger partial charge in [-0.15, -0.1) is 0 Å². The molecular weight excluding hydrogens is 344 g/mol. The van der Waals surface area contributed by atoms with Gasteiger partial charge in [-0.3, -0.25) is 19.1 Å². The minimum absolute atomic E-state index is 0.287. The number of hydrogen-bond acceptors (Lipinski definition) is 4. The molecule has 7 nitrogen and oxygen atoms in total. The van der Waals surface area contributed by atoms with E-state index in [1.807, 2.05) is 38.1 Å². The van der Waals surface area contributed by atoms with E-state index >= 15 is 0 Å². The lowest BCUT2D eigenvalue weighted by molar-refractivity contribution is -0.119. The number of nitrogens with zero attached hydrogens (tertiary/aromatic N) is 3. The first-order chi connectivity index (χ1) is 13.0. The molecule has 0 aliphatic heterocycles. The number of Topliss-reactive ketones (excluding diaryl/α,β-unsaturated/α-hetero) is 1. The standard InChI is InChI=1S/C20H24N4O3/c1-3-5-16(25)11-10-14-6-8-15(9-7-14)12-24-18-17(19(26)22-20(24)27)23(4-2)13-21-18/h6-9,13H,3-5,10-12H2,1-2H3,(H,22,26,27). The molecule has 0 saturated heterocycles. The summed E-state index contributed by atoms with van der Waals surface area (Å²) >= 11 is 0. The zero-order valence-corrected chi connectivity index (χ0v) is 15.7. The number of aryl methyl sites for hydroxylation is 2. The average Bonchev–Trinajstić information content (AvgIpc) is 3.09. The summed E-state index contributed by atoms with van der Waals surface area (Å²) in [5, 5.41) is 0. The lowest BCUT2D eigenvalue weighted by atomic mass is 10.0. The minimum Gasteiger partial charge on any atom is -0.325 e. The molecule has 0 spiro atoms. The van der Waals surface area contributed by atoms with E-state index in [9.17, 15) is 14.4 Å². The van der Waals surface area contributed by atoms with Crippen LogP contribution in [0.4, 0.5) is 0 Å². The van der Waals surface area contributed by atoms with Crippen LogP contribution in [0, 0.1) is 0 Å². The van der Waals surface area contributed by atoms with Crippen LogP contribution < -0.4 is 11.2 Å². The molecule has 2 aromatic heterocycles. The molecule has 3 aromatic rings. The van der Waals surface area contributed by atoms with E-state index in [0.29, 0.717) is 37.1 Å². The lowest BCUT2D eigenvalue weighted by Crippen LogP contribution is -2.31. The van der Waals surface area contributed by atoms with Crippen molar-refractivity contribution in [1.82, 2.24) is 19.1 Å². The van der Waals surface area contributed by atoms with Gasteiger partial charge in [-0.1, -0.05) is 31.2 Å².